The van der Waals surface area contributed by atoms with Gasteiger partial charge >= 0.3 is 0 Å². The molecule has 0 aromatic rings. The largest absolute Gasteiger partial charge is 0.393 e. The van der Waals surface area contributed by atoms with Crippen LogP contribution in [0.1, 0.15) is 46.0 Å². The topological polar surface area (TPSA) is 20.2 Å². The SMILES string of the molecule is CC1(C)CC1C(O)CCC1CC1. The van der Waals surface area contributed by atoms with Crippen LogP contribution in [0.4, 0.5) is 0 Å². The molecule has 0 bridgehead atoms. The van der Waals surface area contributed by atoms with Crippen LogP contribution in [-0.4, -0.2) is 11.2 Å². The Hall–Kier alpha value is -0.0400. The number of aliphatic hydroxyl groups excluding tert-OH is 1. The monoisotopic (exact) mass is 168 g/mol. The van der Waals surface area contributed by atoms with E-state index in [2.05, 4.69) is 13.8 Å². The quantitative estimate of drug-likeness (QED) is 0.684. The molecule has 1 heteroatoms. The van der Waals surface area contributed by atoms with E-state index in [-0.39, 0.29) is 6.10 Å². The van der Waals surface area contributed by atoms with Gasteiger partial charge in [0.1, 0.15) is 0 Å². The maximum atomic E-state index is 9.80. The molecule has 0 amide bonds. The van der Waals surface area contributed by atoms with Gasteiger partial charge in [-0.2, -0.15) is 0 Å². The Morgan fingerprint density at radius 3 is 2.42 bits per heavy atom. The Kier molecular flexibility index (Phi) is 1.95. The van der Waals surface area contributed by atoms with Gasteiger partial charge in [-0.25, -0.2) is 0 Å². The molecule has 1 nitrogen and oxygen atoms in total. The second-order valence-corrected chi connectivity index (χ2v) is 5.39. The van der Waals surface area contributed by atoms with Crippen molar-refractivity contribution in [2.75, 3.05) is 0 Å². The van der Waals surface area contributed by atoms with E-state index in [0.29, 0.717) is 11.3 Å². The Labute approximate surface area is 75.2 Å². The van der Waals surface area contributed by atoms with E-state index in [0.717, 1.165) is 12.3 Å². The molecular weight excluding hydrogens is 148 g/mol. The van der Waals surface area contributed by atoms with Gasteiger partial charge in [0.2, 0.25) is 0 Å². The van der Waals surface area contributed by atoms with Crippen LogP contribution in [0.2, 0.25) is 0 Å². The summed E-state index contributed by atoms with van der Waals surface area (Å²) in [5.74, 6) is 1.58. The Morgan fingerprint density at radius 2 is 2.00 bits per heavy atom. The number of rotatable bonds is 4. The average molecular weight is 168 g/mol. The lowest BCUT2D eigenvalue weighted by atomic mass is 10.0. The third kappa shape index (κ3) is 1.82. The van der Waals surface area contributed by atoms with Crippen LogP contribution >= 0.6 is 0 Å². The maximum absolute atomic E-state index is 9.80. The molecule has 1 N–H and O–H groups in total. The van der Waals surface area contributed by atoms with E-state index in [4.69, 9.17) is 0 Å². The Balaban J connectivity index is 1.67. The van der Waals surface area contributed by atoms with Crippen LogP contribution in [0.5, 0.6) is 0 Å². The molecule has 12 heavy (non-hydrogen) atoms. The van der Waals surface area contributed by atoms with Crippen molar-refractivity contribution in [1.82, 2.24) is 0 Å². The molecule has 0 heterocycles. The van der Waals surface area contributed by atoms with Gasteiger partial charge in [-0.1, -0.05) is 26.7 Å². The summed E-state index contributed by atoms with van der Waals surface area (Å²) in [6.07, 6.45) is 6.40. The number of hydrogen-bond acceptors (Lipinski definition) is 1. The molecular formula is C11H20O. The van der Waals surface area contributed by atoms with Gasteiger partial charge in [0.15, 0.2) is 0 Å². The molecule has 0 aromatic heterocycles. The maximum Gasteiger partial charge on any atom is 0.0573 e. The van der Waals surface area contributed by atoms with Crippen molar-refractivity contribution in [1.29, 1.82) is 0 Å². The first kappa shape index (κ1) is 8.55. The third-order valence-electron chi connectivity index (χ3n) is 3.62. The van der Waals surface area contributed by atoms with Gasteiger partial charge in [-0.3, -0.25) is 0 Å². The summed E-state index contributed by atoms with van der Waals surface area (Å²) in [5.41, 5.74) is 0.447. The summed E-state index contributed by atoms with van der Waals surface area (Å²) in [5, 5.41) is 9.80. The number of hydrogen-bond donors (Lipinski definition) is 1. The highest BCUT2D eigenvalue weighted by molar-refractivity contribution is 4.99. The normalized spacial score (nSPS) is 34.8. The van der Waals surface area contributed by atoms with Crippen molar-refractivity contribution in [3.05, 3.63) is 0 Å². The predicted molar refractivity (Wildman–Crippen MR) is 49.9 cm³/mol. The van der Waals surface area contributed by atoms with Crippen molar-refractivity contribution in [2.45, 2.75) is 52.1 Å². The van der Waals surface area contributed by atoms with Gasteiger partial charge in [0.25, 0.3) is 0 Å². The fourth-order valence-corrected chi connectivity index (χ4v) is 2.18. The summed E-state index contributed by atoms with van der Waals surface area (Å²) in [4.78, 5) is 0. The lowest BCUT2D eigenvalue weighted by Gasteiger charge is -2.11. The van der Waals surface area contributed by atoms with E-state index in [1.807, 2.05) is 0 Å². The fourth-order valence-electron chi connectivity index (χ4n) is 2.18. The predicted octanol–water partition coefficient (Wildman–Crippen LogP) is 2.58. The number of aliphatic hydroxyl groups is 1. The second-order valence-electron chi connectivity index (χ2n) is 5.39. The highest BCUT2D eigenvalue weighted by Gasteiger charge is 2.49. The fraction of sp³-hybridized carbons (Fsp3) is 1.00. The first-order valence-electron chi connectivity index (χ1n) is 5.28. The van der Waals surface area contributed by atoms with Crippen LogP contribution in [0, 0.1) is 17.3 Å². The van der Waals surface area contributed by atoms with Gasteiger partial charge in [0, 0.05) is 0 Å². The molecule has 2 atom stereocenters. The highest BCUT2D eigenvalue weighted by Crippen LogP contribution is 2.54. The van der Waals surface area contributed by atoms with Crippen molar-refractivity contribution in [3.63, 3.8) is 0 Å². The Bertz CT molecular complexity index is 170. The molecule has 2 unspecified atom stereocenters. The smallest absolute Gasteiger partial charge is 0.0573 e. The lowest BCUT2D eigenvalue weighted by Crippen LogP contribution is -2.13. The van der Waals surface area contributed by atoms with E-state index in [1.54, 1.807) is 0 Å². The molecule has 2 aliphatic carbocycles. The minimum absolute atomic E-state index is 0.000556. The molecule has 2 fully saturated rings. The second kappa shape index (κ2) is 2.73. The standard InChI is InChI=1S/C11H20O/c1-11(2)7-9(11)10(12)6-5-8-3-4-8/h8-10,12H,3-7H2,1-2H3. The summed E-state index contributed by atoms with van der Waals surface area (Å²) in [6.45, 7) is 4.52. The van der Waals surface area contributed by atoms with Crippen LogP contribution in [0.3, 0.4) is 0 Å². The van der Waals surface area contributed by atoms with Crippen LogP contribution in [-0.2, 0) is 0 Å². The van der Waals surface area contributed by atoms with Gasteiger partial charge < -0.3 is 5.11 Å². The van der Waals surface area contributed by atoms with Gasteiger partial charge in [0.05, 0.1) is 6.10 Å². The molecule has 2 saturated carbocycles. The van der Waals surface area contributed by atoms with Crippen molar-refractivity contribution >= 4 is 0 Å². The van der Waals surface area contributed by atoms with Crippen LogP contribution < -0.4 is 0 Å². The summed E-state index contributed by atoms with van der Waals surface area (Å²) >= 11 is 0. The molecule has 2 rings (SSSR count). The molecule has 2 aliphatic rings. The molecule has 0 aromatic carbocycles. The minimum Gasteiger partial charge on any atom is -0.393 e. The van der Waals surface area contributed by atoms with E-state index < -0.39 is 0 Å². The van der Waals surface area contributed by atoms with Crippen molar-refractivity contribution in [2.24, 2.45) is 17.3 Å². The third-order valence-corrected chi connectivity index (χ3v) is 3.62. The molecule has 0 saturated heterocycles. The lowest BCUT2D eigenvalue weighted by molar-refractivity contribution is 0.123. The van der Waals surface area contributed by atoms with Gasteiger partial charge in [-0.05, 0) is 36.5 Å². The zero-order valence-corrected chi connectivity index (χ0v) is 8.21. The summed E-state index contributed by atoms with van der Waals surface area (Å²) < 4.78 is 0. The van der Waals surface area contributed by atoms with E-state index in [1.165, 1.54) is 25.7 Å². The molecule has 0 spiro atoms. The van der Waals surface area contributed by atoms with Crippen LogP contribution in [0.15, 0.2) is 0 Å². The van der Waals surface area contributed by atoms with Crippen molar-refractivity contribution < 1.29 is 5.11 Å². The first-order valence-corrected chi connectivity index (χ1v) is 5.28. The summed E-state index contributed by atoms with van der Waals surface area (Å²) in [6, 6.07) is 0. The average Bonchev–Trinajstić information content (AvgIpc) is 2.83. The molecule has 70 valence electrons. The van der Waals surface area contributed by atoms with Gasteiger partial charge in [-0.15, -0.1) is 0 Å². The van der Waals surface area contributed by atoms with Crippen LogP contribution in [0.25, 0.3) is 0 Å². The molecule has 0 radical (unpaired) electrons. The van der Waals surface area contributed by atoms with E-state index >= 15 is 0 Å². The first-order chi connectivity index (χ1) is 5.59. The van der Waals surface area contributed by atoms with Crippen molar-refractivity contribution in [3.8, 4) is 0 Å². The van der Waals surface area contributed by atoms with E-state index in [9.17, 15) is 5.11 Å². The summed E-state index contributed by atoms with van der Waals surface area (Å²) in [7, 11) is 0. The highest BCUT2D eigenvalue weighted by atomic mass is 16.3. The zero-order valence-electron chi connectivity index (χ0n) is 8.21. The zero-order chi connectivity index (χ0) is 8.77. The molecule has 0 aliphatic heterocycles. The Morgan fingerprint density at radius 1 is 1.42 bits per heavy atom. The minimum atomic E-state index is 0.000556.